The highest BCUT2D eigenvalue weighted by Gasteiger charge is 2.36. The Hall–Kier alpha value is -4.02. The second-order valence-electron chi connectivity index (χ2n) is 9.98. The van der Waals surface area contributed by atoms with Gasteiger partial charge in [0.1, 0.15) is 0 Å². The Morgan fingerprint density at radius 1 is 0.775 bits per heavy atom. The molecule has 0 saturated carbocycles. The molecule has 0 aromatic heterocycles. The first-order valence-corrected chi connectivity index (χ1v) is 14.6. The van der Waals surface area contributed by atoms with Crippen LogP contribution in [0.2, 0.25) is 0 Å². The van der Waals surface area contributed by atoms with Gasteiger partial charge < -0.3 is 0 Å². The zero-order chi connectivity index (χ0) is 27.9. The van der Waals surface area contributed by atoms with E-state index in [9.17, 15) is 9.59 Å². The number of amides is 2. The maximum atomic E-state index is 13.4. The van der Waals surface area contributed by atoms with Crippen LogP contribution in [0.4, 0.5) is 0 Å². The predicted octanol–water partition coefficient (Wildman–Crippen LogP) is 9.38. The average molecular weight is 591 g/mol. The molecule has 0 fully saturated rings. The number of fused-ring (bicyclic) bond motifs is 1. The maximum Gasteiger partial charge on any atom is 0.260 e. The molecule has 1 N–H and O–H groups in total. The van der Waals surface area contributed by atoms with Gasteiger partial charge in [0.15, 0.2) is 0 Å². The number of hydrogen-bond acceptors (Lipinski definition) is 2. The quantitative estimate of drug-likeness (QED) is 0.148. The van der Waals surface area contributed by atoms with Crippen molar-refractivity contribution in [1.82, 2.24) is 5.32 Å². The zero-order valence-corrected chi connectivity index (χ0v) is 24.2. The van der Waals surface area contributed by atoms with Crippen LogP contribution in [0.1, 0.15) is 75.6 Å². The van der Waals surface area contributed by atoms with E-state index in [2.05, 4.69) is 82.8 Å². The number of nitrogens with one attached hydrogen (secondary N) is 1. The molecule has 0 spiro atoms. The molecular weight excluding hydrogens is 558 g/mol. The van der Waals surface area contributed by atoms with E-state index in [1.165, 1.54) is 0 Å². The largest absolute Gasteiger partial charge is 0.288 e. The van der Waals surface area contributed by atoms with Crippen LogP contribution in [0, 0.1) is 0 Å². The first-order chi connectivity index (χ1) is 19.6. The van der Waals surface area contributed by atoms with Crippen LogP contribution < -0.4 is 5.32 Å². The number of rotatable bonds is 10. The zero-order valence-electron chi connectivity index (χ0n) is 22.6. The Labute approximate surface area is 244 Å². The molecule has 0 unspecified atom stereocenters. The van der Waals surface area contributed by atoms with E-state index in [0.717, 1.165) is 69.1 Å². The van der Waals surface area contributed by atoms with Crippen LogP contribution >= 0.6 is 15.9 Å². The summed E-state index contributed by atoms with van der Waals surface area (Å²) in [5, 5.41) is 2.58. The summed E-state index contributed by atoms with van der Waals surface area (Å²) in [4.78, 5) is 26.6. The number of halogens is 1. The second-order valence-corrected chi connectivity index (χ2v) is 10.8. The molecule has 2 amide bonds. The second kappa shape index (κ2) is 12.9. The minimum Gasteiger partial charge on any atom is -0.288 e. The molecule has 0 radical (unpaired) electrons. The van der Waals surface area contributed by atoms with E-state index >= 15 is 0 Å². The standard InChI is InChI=1S/C36H32BrNO2/c1-2-3-23-29-30(27-20-11-6-12-21-27)31(32-33(34(29)37)36(40)38-35(32)39)28(24-26-18-9-5-10-19-26)22-14-13-17-25-15-7-4-8-16-25/h4-13,15-21,24H,2-3,14,22-23H2,1H3,(H,38,39,40). The number of imide groups is 1. The Kier molecular flexibility index (Phi) is 8.87. The van der Waals surface area contributed by atoms with Crippen LogP contribution in [-0.2, 0) is 6.42 Å². The van der Waals surface area contributed by atoms with Crippen molar-refractivity contribution in [2.75, 3.05) is 0 Å². The fraction of sp³-hybridized carbons (Fsp3) is 0.167. The molecule has 0 saturated heterocycles. The first kappa shape index (κ1) is 27.5. The Morgan fingerprint density at radius 2 is 1.38 bits per heavy atom. The SMILES string of the molecule is CCCCc1c(Br)c2c(c(C(=Cc3ccccc3)CCC=Cc3ccccc3)c1-c1ccccc1)C(=O)NC2=O. The molecule has 4 heteroatoms. The minimum absolute atomic E-state index is 0.339. The third kappa shape index (κ3) is 5.93. The Bertz CT molecular complexity index is 1570. The van der Waals surface area contributed by atoms with Gasteiger partial charge in [-0.2, -0.15) is 0 Å². The highest BCUT2D eigenvalue weighted by atomic mass is 79.9. The maximum absolute atomic E-state index is 13.4. The third-order valence-corrected chi connectivity index (χ3v) is 8.09. The lowest BCUT2D eigenvalue weighted by atomic mass is 9.81. The van der Waals surface area contributed by atoms with Crippen molar-refractivity contribution in [3.05, 3.63) is 135 Å². The van der Waals surface area contributed by atoms with Gasteiger partial charge in [-0.05, 0) is 80.6 Å². The molecule has 1 aliphatic heterocycles. The van der Waals surface area contributed by atoms with Crippen molar-refractivity contribution in [2.24, 2.45) is 0 Å². The molecule has 4 aromatic rings. The number of allylic oxidation sites excluding steroid dienone is 2. The highest BCUT2D eigenvalue weighted by Crippen LogP contribution is 2.45. The molecule has 0 bridgehead atoms. The van der Waals surface area contributed by atoms with Crippen LogP contribution in [0.5, 0.6) is 0 Å². The van der Waals surface area contributed by atoms with Crippen molar-refractivity contribution < 1.29 is 9.59 Å². The summed E-state index contributed by atoms with van der Waals surface area (Å²) in [7, 11) is 0. The van der Waals surface area contributed by atoms with Gasteiger partial charge in [-0.25, -0.2) is 0 Å². The average Bonchev–Trinajstić information content (AvgIpc) is 3.29. The van der Waals surface area contributed by atoms with Gasteiger partial charge in [-0.3, -0.25) is 14.9 Å². The fourth-order valence-electron chi connectivity index (χ4n) is 5.31. The van der Waals surface area contributed by atoms with Gasteiger partial charge in [-0.1, -0.05) is 123 Å². The fourth-order valence-corrected chi connectivity index (χ4v) is 6.09. The lowest BCUT2D eigenvalue weighted by molar-refractivity contribution is 0.0879. The van der Waals surface area contributed by atoms with E-state index in [0.29, 0.717) is 17.5 Å². The molecule has 0 aliphatic carbocycles. The molecular formula is C36H32BrNO2. The van der Waals surface area contributed by atoms with E-state index in [1.54, 1.807) is 0 Å². The van der Waals surface area contributed by atoms with Gasteiger partial charge in [0.05, 0.1) is 11.1 Å². The summed E-state index contributed by atoms with van der Waals surface area (Å²) in [5.74, 6) is -0.678. The van der Waals surface area contributed by atoms with Crippen molar-refractivity contribution in [2.45, 2.75) is 39.0 Å². The summed E-state index contributed by atoms with van der Waals surface area (Å²) >= 11 is 3.77. The lowest BCUT2D eigenvalue weighted by Crippen LogP contribution is -2.20. The van der Waals surface area contributed by atoms with E-state index < -0.39 is 0 Å². The molecule has 200 valence electrons. The highest BCUT2D eigenvalue weighted by molar-refractivity contribution is 9.10. The lowest BCUT2D eigenvalue weighted by Gasteiger charge is -2.22. The van der Waals surface area contributed by atoms with Gasteiger partial charge in [0, 0.05) is 4.47 Å². The van der Waals surface area contributed by atoms with Gasteiger partial charge in [0.25, 0.3) is 11.8 Å². The van der Waals surface area contributed by atoms with Crippen LogP contribution in [-0.4, -0.2) is 11.8 Å². The van der Waals surface area contributed by atoms with Gasteiger partial charge in [-0.15, -0.1) is 0 Å². The Morgan fingerprint density at radius 3 is 2.02 bits per heavy atom. The van der Waals surface area contributed by atoms with Crippen molar-refractivity contribution in [3.8, 4) is 11.1 Å². The number of unbranched alkanes of at least 4 members (excludes halogenated alkanes) is 1. The summed E-state index contributed by atoms with van der Waals surface area (Å²) in [5.41, 5.74) is 8.15. The van der Waals surface area contributed by atoms with Crippen molar-refractivity contribution in [3.63, 3.8) is 0 Å². The number of carbonyl (C=O) groups is 2. The van der Waals surface area contributed by atoms with E-state index in [-0.39, 0.29) is 11.8 Å². The van der Waals surface area contributed by atoms with Crippen LogP contribution in [0.3, 0.4) is 0 Å². The number of benzene rings is 4. The number of carbonyl (C=O) groups excluding carboxylic acids is 2. The van der Waals surface area contributed by atoms with Crippen LogP contribution in [0.15, 0.2) is 102 Å². The van der Waals surface area contributed by atoms with E-state index in [1.807, 2.05) is 54.6 Å². The molecule has 1 heterocycles. The smallest absolute Gasteiger partial charge is 0.260 e. The monoisotopic (exact) mass is 589 g/mol. The minimum atomic E-state index is -0.339. The Balaban J connectivity index is 1.74. The topological polar surface area (TPSA) is 46.2 Å². The van der Waals surface area contributed by atoms with Gasteiger partial charge in [0.2, 0.25) is 0 Å². The normalized spacial score (nSPS) is 13.1. The molecule has 4 aromatic carbocycles. The molecule has 0 atom stereocenters. The van der Waals surface area contributed by atoms with Crippen LogP contribution in [0.25, 0.3) is 28.9 Å². The number of hydrogen-bond donors (Lipinski definition) is 1. The summed E-state index contributed by atoms with van der Waals surface area (Å²) in [6.07, 6.45) is 10.8. The molecule has 5 rings (SSSR count). The summed E-state index contributed by atoms with van der Waals surface area (Å²) in [6, 6.07) is 30.7. The summed E-state index contributed by atoms with van der Waals surface area (Å²) < 4.78 is 0.727. The predicted molar refractivity (Wildman–Crippen MR) is 169 cm³/mol. The van der Waals surface area contributed by atoms with E-state index in [4.69, 9.17) is 0 Å². The summed E-state index contributed by atoms with van der Waals surface area (Å²) in [6.45, 7) is 2.17. The third-order valence-electron chi connectivity index (χ3n) is 7.21. The van der Waals surface area contributed by atoms with Crippen molar-refractivity contribution >= 4 is 45.5 Å². The molecule has 40 heavy (non-hydrogen) atoms. The van der Waals surface area contributed by atoms with Gasteiger partial charge >= 0.3 is 0 Å². The van der Waals surface area contributed by atoms with Crippen molar-refractivity contribution in [1.29, 1.82) is 0 Å². The first-order valence-electron chi connectivity index (χ1n) is 13.9. The molecule has 3 nitrogen and oxygen atoms in total. The molecule has 1 aliphatic rings.